The minimum atomic E-state index is 0.0596. The maximum absolute atomic E-state index is 12.6. The van der Waals surface area contributed by atoms with Crippen LogP contribution in [-0.2, 0) is 13.1 Å². The van der Waals surface area contributed by atoms with Crippen molar-refractivity contribution in [3.63, 3.8) is 0 Å². The van der Waals surface area contributed by atoms with Gasteiger partial charge in [0.2, 0.25) is 0 Å². The van der Waals surface area contributed by atoms with E-state index >= 15 is 0 Å². The first-order valence-electron chi connectivity index (χ1n) is 5.96. The second kappa shape index (κ2) is 5.10. The number of carbonyl (C=O) groups excluding carboxylic acids is 1. The summed E-state index contributed by atoms with van der Waals surface area (Å²) in [4.78, 5) is 14.4. The third-order valence-electron chi connectivity index (χ3n) is 3.29. The molecule has 3 rings (SSSR count). The number of carbonyl (C=O) groups is 1. The Kier molecular flexibility index (Phi) is 3.46. The second-order valence-corrected chi connectivity index (χ2v) is 6.32. The SMILES string of the molecule is O=C(c1cc(Br)ccc1Br)N1Cc2ccccc2C1. The molecule has 1 aliphatic rings. The van der Waals surface area contributed by atoms with Gasteiger partial charge >= 0.3 is 0 Å². The van der Waals surface area contributed by atoms with E-state index in [1.54, 1.807) is 0 Å². The lowest BCUT2D eigenvalue weighted by atomic mass is 10.1. The fraction of sp³-hybridized carbons (Fsp3) is 0.133. The van der Waals surface area contributed by atoms with Crippen LogP contribution in [0.1, 0.15) is 21.5 Å². The van der Waals surface area contributed by atoms with Crippen molar-refractivity contribution < 1.29 is 4.79 Å². The number of benzene rings is 2. The summed E-state index contributed by atoms with van der Waals surface area (Å²) in [5, 5.41) is 0. The molecule has 0 saturated carbocycles. The van der Waals surface area contributed by atoms with Crippen LogP contribution in [0.25, 0.3) is 0 Å². The molecule has 1 aliphatic heterocycles. The molecular formula is C15H11Br2NO. The van der Waals surface area contributed by atoms with Crippen LogP contribution in [0.3, 0.4) is 0 Å². The highest BCUT2D eigenvalue weighted by Crippen LogP contribution is 2.28. The lowest BCUT2D eigenvalue weighted by Crippen LogP contribution is -2.25. The molecule has 96 valence electrons. The van der Waals surface area contributed by atoms with Crippen molar-refractivity contribution in [1.29, 1.82) is 0 Å². The van der Waals surface area contributed by atoms with Crippen LogP contribution in [0.5, 0.6) is 0 Å². The molecule has 0 spiro atoms. The van der Waals surface area contributed by atoms with E-state index in [0.717, 1.165) is 8.95 Å². The van der Waals surface area contributed by atoms with Gasteiger partial charge < -0.3 is 4.90 Å². The van der Waals surface area contributed by atoms with E-state index in [-0.39, 0.29) is 5.91 Å². The van der Waals surface area contributed by atoms with Crippen LogP contribution in [0.2, 0.25) is 0 Å². The molecule has 0 fully saturated rings. The molecule has 0 N–H and O–H groups in total. The predicted octanol–water partition coefficient (Wildman–Crippen LogP) is 4.37. The van der Waals surface area contributed by atoms with Gasteiger partial charge in [0.15, 0.2) is 0 Å². The van der Waals surface area contributed by atoms with Gasteiger partial charge in [-0.1, -0.05) is 40.2 Å². The van der Waals surface area contributed by atoms with Crippen LogP contribution in [-0.4, -0.2) is 10.8 Å². The summed E-state index contributed by atoms with van der Waals surface area (Å²) < 4.78 is 1.74. The molecule has 0 bridgehead atoms. The Bertz CT molecular complexity index is 629. The number of rotatable bonds is 1. The zero-order valence-electron chi connectivity index (χ0n) is 10.1. The molecule has 0 saturated heterocycles. The lowest BCUT2D eigenvalue weighted by molar-refractivity contribution is 0.0750. The van der Waals surface area contributed by atoms with Gasteiger partial charge in [0.1, 0.15) is 0 Å². The summed E-state index contributed by atoms with van der Waals surface area (Å²) in [5.41, 5.74) is 3.17. The minimum Gasteiger partial charge on any atom is -0.330 e. The number of halogens is 2. The summed E-state index contributed by atoms with van der Waals surface area (Å²) >= 11 is 6.85. The Hall–Kier alpha value is -1.13. The second-order valence-electron chi connectivity index (χ2n) is 4.55. The first-order chi connectivity index (χ1) is 9.15. The van der Waals surface area contributed by atoms with Crippen molar-refractivity contribution >= 4 is 37.8 Å². The summed E-state index contributed by atoms with van der Waals surface area (Å²) in [5.74, 6) is 0.0596. The van der Waals surface area contributed by atoms with Gasteiger partial charge in [-0.05, 0) is 45.3 Å². The first kappa shape index (κ1) is 12.9. The molecular weight excluding hydrogens is 370 g/mol. The summed E-state index contributed by atoms with van der Waals surface area (Å²) in [6, 6.07) is 13.9. The Balaban J connectivity index is 1.89. The largest absolute Gasteiger partial charge is 0.330 e. The number of hydrogen-bond acceptors (Lipinski definition) is 1. The van der Waals surface area contributed by atoms with Crippen molar-refractivity contribution in [3.8, 4) is 0 Å². The topological polar surface area (TPSA) is 20.3 Å². The number of nitrogens with zero attached hydrogens (tertiary/aromatic N) is 1. The summed E-state index contributed by atoms with van der Waals surface area (Å²) in [7, 11) is 0. The molecule has 0 unspecified atom stereocenters. The van der Waals surface area contributed by atoms with E-state index in [1.807, 2.05) is 35.2 Å². The van der Waals surface area contributed by atoms with Crippen molar-refractivity contribution in [2.45, 2.75) is 13.1 Å². The van der Waals surface area contributed by atoms with E-state index < -0.39 is 0 Å². The normalized spacial score (nSPS) is 13.5. The summed E-state index contributed by atoms with van der Waals surface area (Å²) in [6.45, 7) is 1.38. The number of hydrogen-bond donors (Lipinski definition) is 0. The van der Waals surface area contributed by atoms with E-state index in [4.69, 9.17) is 0 Å². The van der Waals surface area contributed by atoms with E-state index in [0.29, 0.717) is 18.7 Å². The van der Waals surface area contributed by atoms with Gasteiger partial charge in [-0.25, -0.2) is 0 Å². The van der Waals surface area contributed by atoms with Crippen LogP contribution in [0.15, 0.2) is 51.4 Å². The highest BCUT2D eigenvalue weighted by atomic mass is 79.9. The quantitative estimate of drug-likeness (QED) is 0.719. The van der Waals surface area contributed by atoms with Gasteiger partial charge in [-0.2, -0.15) is 0 Å². The summed E-state index contributed by atoms with van der Waals surface area (Å²) in [6.07, 6.45) is 0. The molecule has 0 radical (unpaired) electrons. The highest BCUT2D eigenvalue weighted by Gasteiger charge is 2.25. The smallest absolute Gasteiger partial charge is 0.255 e. The van der Waals surface area contributed by atoms with Gasteiger partial charge in [0.05, 0.1) is 5.56 Å². The molecule has 0 aliphatic carbocycles. The monoisotopic (exact) mass is 379 g/mol. The van der Waals surface area contributed by atoms with Crippen molar-refractivity contribution in [3.05, 3.63) is 68.1 Å². The molecule has 4 heteroatoms. The molecule has 0 aromatic heterocycles. The molecule has 2 nitrogen and oxygen atoms in total. The zero-order valence-corrected chi connectivity index (χ0v) is 13.2. The highest BCUT2D eigenvalue weighted by molar-refractivity contribution is 9.11. The third kappa shape index (κ3) is 2.47. The average molecular weight is 381 g/mol. The van der Waals surface area contributed by atoms with Gasteiger partial charge in [-0.3, -0.25) is 4.79 Å². The number of fused-ring (bicyclic) bond motifs is 1. The minimum absolute atomic E-state index is 0.0596. The molecule has 19 heavy (non-hydrogen) atoms. The van der Waals surface area contributed by atoms with Gasteiger partial charge in [0, 0.05) is 22.0 Å². The molecule has 2 aromatic carbocycles. The Labute approximate surface area is 128 Å². The predicted molar refractivity (Wildman–Crippen MR) is 81.9 cm³/mol. The molecule has 1 amide bonds. The fourth-order valence-corrected chi connectivity index (χ4v) is 3.09. The molecule has 1 heterocycles. The van der Waals surface area contributed by atoms with Crippen molar-refractivity contribution in [2.24, 2.45) is 0 Å². The van der Waals surface area contributed by atoms with Gasteiger partial charge in [-0.15, -0.1) is 0 Å². The van der Waals surface area contributed by atoms with E-state index in [2.05, 4.69) is 44.0 Å². The first-order valence-corrected chi connectivity index (χ1v) is 7.55. The Morgan fingerprint density at radius 2 is 1.63 bits per heavy atom. The van der Waals surface area contributed by atoms with Crippen LogP contribution in [0.4, 0.5) is 0 Å². The van der Waals surface area contributed by atoms with Crippen LogP contribution in [0, 0.1) is 0 Å². The fourth-order valence-electron chi connectivity index (χ4n) is 2.31. The van der Waals surface area contributed by atoms with Crippen molar-refractivity contribution in [1.82, 2.24) is 4.90 Å². The molecule has 2 aromatic rings. The maximum Gasteiger partial charge on any atom is 0.255 e. The van der Waals surface area contributed by atoms with Crippen LogP contribution < -0.4 is 0 Å². The third-order valence-corrected chi connectivity index (χ3v) is 4.47. The van der Waals surface area contributed by atoms with Crippen LogP contribution >= 0.6 is 31.9 Å². The lowest BCUT2D eigenvalue weighted by Gasteiger charge is -2.16. The standard InChI is InChI=1S/C15H11Br2NO/c16-12-5-6-14(17)13(7-12)15(19)18-8-10-3-1-2-4-11(10)9-18/h1-7H,8-9H2. The maximum atomic E-state index is 12.6. The Morgan fingerprint density at radius 3 is 2.26 bits per heavy atom. The van der Waals surface area contributed by atoms with E-state index in [9.17, 15) is 4.79 Å². The molecule has 0 atom stereocenters. The average Bonchev–Trinajstić information content (AvgIpc) is 2.84. The van der Waals surface area contributed by atoms with E-state index in [1.165, 1.54) is 11.1 Å². The van der Waals surface area contributed by atoms with Gasteiger partial charge in [0.25, 0.3) is 5.91 Å². The Morgan fingerprint density at radius 1 is 1.00 bits per heavy atom. The van der Waals surface area contributed by atoms with Crippen molar-refractivity contribution in [2.75, 3.05) is 0 Å². The zero-order chi connectivity index (χ0) is 13.4. The number of amides is 1.